The van der Waals surface area contributed by atoms with E-state index in [-0.39, 0.29) is 5.04 Å². The van der Waals surface area contributed by atoms with Gasteiger partial charge < -0.3 is 9.88 Å². The van der Waals surface area contributed by atoms with E-state index in [0.29, 0.717) is 0 Å². The first kappa shape index (κ1) is 15.5. The molecule has 1 aliphatic heterocycles. The summed E-state index contributed by atoms with van der Waals surface area (Å²) in [6.45, 7) is 10.5. The second-order valence-electron chi connectivity index (χ2n) is 7.11. The molecule has 0 aliphatic carbocycles. The number of benzene rings is 2. The Bertz CT molecular complexity index is 559. The molecule has 1 fully saturated rings. The highest BCUT2D eigenvalue weighted by Crippen LogP contribution is 2.38. The minimum atomic E-state index is -2.05. The summed E-state index contributed by atoms with van der Waals surface area (Å²) in [6.07, 6.45) is 0. The lowest BCUT2D eigenvalue weighted by Gasteiger charge is -2.49. The molecular weight excluding hydrogens is 284 g/mol. The molecule has 0 unspecified atom stereocenters. The van der Waals surface area contributed by atoms with Crippen LogP contribution in [0.4, 0.5) is 0 Å². The molecule has 0 bridgehead atoms. The molecule has 3 heteroatoms. The first-order valence-electron chi connectivity index (χ1n) is 8.13. The second kappa shape index (κ2) is 5.99. The molecule has 1 N–H and O–H groups in total. The average Bonchev–Trinajstić information content (AvgIpc) is 3.03. The molecule has 0 atom stereocenters. The van der Waals surface area contributed by atoms with Crippen LogP contribution in [0.1, 0.15) is 20.8 Å². The molecule has 0 amide bonds. The maximum atomic E-state index is 3.55. The van der Waals surface area contributed by atoms with Crippen molar-refractivity contribution >= 4 is 18.6 Å². The van der Waals surface area contributed by atoms with Crippen LogP contribution in [0.5, 0.6) is 0 Å². The quantitative estimate of drug-likeness (QED) is 0.876. The largest absolute Gasteiger partial charge is 0.304 e. The number of nitrogens with one attached hydrogen (secondary N) is 1. The molecule has 0 spiro atoms. The van der Waals surface area contributed by atoms with Crippen LogP contribution >= 0.6 is 0 Å². The summed E-state index contributed by atoms with van der Waals surface area (Å²) in [5.41, 5.74) is 0. The van der Waals surface area contributed by atoms with Gasteiger partial charge in [0, 0.05) is 19.8 Å². The molecule has 1 heterocycles. The summed E-state index contributed by atoms with van der Waals surface area (Å²) < 4.78 is 2.73. The van der Waals surface area contributed by atoms with Gasteiger partial charge in [-0.05, 0) is 15.4 Å². The van der Waals surface area contributed by atoms with Gasteiger partial charge in [-0.3, -0.25) is 0 Å². The highest BCUT2D eigenvalue weighted by atomic mass is 28.3. The van der Waals surface area contributed by atoms with Crippen LogP contribution < -0.4 is 15.7 Å². The van der Waals surface area contributed by atoms with Gasteiger partial charge in [0.2, 0.25) is 0 Å². The first-order valence-corrected chi connectivity index (χ1v) is 10.1. The molecule has 0 aromatic heterocycles. The minimum absolute atomic E-state index is 0.210. The van der Waals surface area contributed by atoms with E-state index in [1.165, 1.54) is 10.4 Å². The normalized spacial score (nSPS) is 16.9. The van der Waals surface area contributed by atoms with Crippen LogP contribution in [0.2, 0.25) is 5.04 Å². The topological polar surface area (TPSA) is 15.3 Å². The smallest absolute Gasteiger partial charge is 0.199 e. The minimum Gasteiger partial charge on any atom is -0.304 e. The van der Waals surface area contributed by atoms with Crippen molar-refractivity contribution in [2.45, 2.75) is 25.8 Å². The standard InChI is InChI=1S/C19H26N2Si/c1-19(2,3)22(21-15-14-20-16-21,17-10-6-4-7-11-17)18-12-8-5-9-13-18/h4-13,20H,14-16H2,1-3H3. The van der Waals surface area contributed by atoms with Crippen LogP contribution in [0.25, 0.3) is 0 Å². The van der Waals surface area contributed by atoms with Gasteiger partial charge in [-0.2, -0.15) is 0 Å². The van der Waals surface area contributed by atoms with Crippen molar-refractivity contribution in [1.82, 2.24) is 9.88 Å². The Kier molecular flexibility index (Phi) is 4.21. The predicted molar refractivity (Wildman–Crippen MR) is 97.2 cm³/mol. The monoisotopic (exact) mass is 310 g/mol. The zero-order valence-corrected chi connectivity index (χ0v) is 14.8. The van der Waals surface area contributed by atoms with Crippen molar-refractivity contribution in [3.05, 3.63) is 60.7 Å². The van der Waals surface area contributed by atoms with Gasteiger partial charge in [0.05, 0.1) is 0 Å². The van der Waals surface area contributed by atoms with Crippen LogP contribution in [-0.4, -0.2) is 32.6 Å². The number of hydrogen-bond donors (Lipinski definition) is 1. The van der Waals surface area contributed by atoms with Gasteiger partial charge in [0.15, 0.2) is 8.24 Å². The lowest BCUT2D eigenvalue weighted by Crippen LogP contribution is -2.74. The molecule has 2 nitrogen and oxygen atoms in total. The Hall–Kier alpha value is -1.42. The summed E-state index contributed by atoms with van der Waals surface area (Å²) in [5, 5.41) is 6.78. The fraction of sp³-hybridized carbons (Fsp3) is 0.368. The zero-order chi connectivity index (χ0) is 15.6. The summed E-state index contributed by atoms with van der Waals surface area (Å²) in [5.74, 6) is 0. The van der Waals surface area contributed by atoms with Gasteiger partial charge in [-0.25, -0.2) is 0 Å². The van der Waals surface area contributed by atoms with E-state index in [9.17, 15) is 0 Å². The molecule has 1 saturated heterocycles. The maximum Gasteiger partial charge on any atom is 0.199 e. The van der Waals surface area contributed by atoms with Crippen molar-refractivity contribution in [2.24, 2.45) is 0 Å². The van der Waals surface area contributed by atoms with E-state index in [1.807, 2.05) is 0 Å². The van der Waals surface area contributed by atoms with E-state index in [2.05, 4.69) is 91.3 Å². The van der Waals surface area contributed by atoms with E-state index in [4.69, 9.17) is 0 Å². The van der Waals surface area contributed by atoms with Crippen LogP contribution in [0, 0.1) is 0 Å². The van der Waals surface area contributed by atoms with Gasteiger partial charge in [-0.15, -0.1) is 0 Å². The number of hydrogen-bond acceptors (Lipinski definition) is 2. The third-order valence-corrected chi connectivity index (χ3v) is 10.6. The Labute approximate surface area is 135 Å². The third kappa shape index (κ3) is 2.43. The Morgan fingerprint density at radius 2 is 1.36 bits per heavy atom. The van der Waals surface area contributed by atoms with Crippen molar-refractivity contribution in [3.8, 4) is 0 Å². The lowest BCUT2D eigenvalue weighted by molar-refractivity contribution is 0.485. The van der Waals surface area contributed by atoms with Crippen molar-refractivity contribution in [1.29, 1.82) is 0 Å². The summed E-state index contributed by atoms with van der Waals surface area (Å²) in [4.78, 5) is 0. The Morgan fingerprint density at radius 3 is 1.73 bits per heavy atom. The van der Waals surface area contributed by atoms with Gasteiger partial charge in [-0.1, -0.05) is 81.4 Å². The summed E-state index contributed by atoms with van der Waals surface area (Å²) in [6, 6.07) is 22.4. The summed E-state index contributed by atoms with van der Waals surface area (Å²) in [7, 11) is -2.05. The van der Waals surface area contributed by atoms with Crippen molar-refractivity contribution < 1.29 is 0 Å². The van der Waals surface area contributed by atoms with E-state index in [1.54, 1.807) is 0 Å². The third-order valence-electron chi connectivity index (χ3n) is 4.80. The van der Waals surface area contributed by atoms with E-state index < -0.39 is 8.24 Å². The molecule has 1 aliphatic rings. The molecule has 0 radical (unpaired) electrons. The fourth-order valence-electron chi connectivity index (χ4n) is 4.02. The van der Waals surface area contributed by atoms with Crippen LogP contribution in [0.3, 0.4) is 0 Å². The van der Waals surface area contributed by atoms with Crippen molar-refractivity contribution in [2.75, 3.05) is 19.8 Å². The molecule has 0 saturated carbocycles. The lowest BCUT2D eigenvalue weighted by atomic mass is 10.2. The maximum absolute atomic E-state index is 3.55. The van der Waals surface area contributed by atoms with Crippen LogP contribution in [-0.2, 0) is 0 Å². The van der Waals surface area contributed by atoms with Gasteiger partial charge >= 0.3 is 0 Å². The Balaban J connectivity index is 2.28. The van der Waals surface area contributed by atoms with Crippen LogP contribution in [0.15, 0.2) is 60.7 Å². The highest BCUT2D eigenvalue weighted by molar-refractivity contribution is 7.02. The van der Waals surface area contributed by atoms with E-state index >= 15 is 0 Å². The number of rotatable bonds is 3. The van der Waals surface area contributed by atoms with Crippen molar-refractivity contribution in [3.63, 3.8) is 0 Å². The zero-order valence-electron chi connectivity index (χ0n) is 13.8. The Morgan fingerprint density at radius 1 is 0.864 bits per heavy atom. The molecule has 2 aromatic carbocycles. The van der Waals surface area contributed by atoms with Gasteiger partial charge in [0.25, 0.3) is 0 Å². The molecule has 116 valence electrons. The SMILES string of the molecule is CC(C)(C)[Si](c1ccccc1)(c1ccccc1)N1CCNC1. The van der Waals surface area contributed by atoms with E-state index in [0.717, 1.165) is 19.8 Å². The first-order chi connectivity index (χ1) is 10.6. The average molecular weight is 311 g/mol. The predicted octanol–water partition coefficient (Wildman–Crippen LogP) is 2.41. The molecule has 2 aromatic rings. The molecular formula is C19H26N2Si. The fourth-order valence-corrected chi connectivity index (χ4v) is 9.91. The van der Waals surface area contributed by atoms with Gasteiger partial charge in [0.1, 0.15) is 0 Å². The number of nitrogens with zero attached hydrogens (tertiary/aromatic N) is 1. The summed E-state index contributed by atoms with van der Waals surface area (Å²) >= 11 is 0. The second-order valence-corrected chi connectivity index (χ2v) is 11.8. The molecule has 22 heavy (non-hydrogen) atoms. The molecule has 3 rings (SSSR count). The highest BCUT2D eigenvalue weighted by Gasteiger charge is 2.52.